The van der Waals surface area contributed by atoms with Gasteiger partial charge in [-0.3, -0.25) is 4.79 Å². The fraction of sp³-hybridized carbons (Fsp3) is 0.0625. The van der Waals surface area contributed by atoms with Crippen molar-refractivity contribution in [2.45, 2.75) is 0 Å². The maximum Gasteiger partial charge on any atom is 0.340 e. The van der Waals surface area contributed by atoms with E-state index >= 15 is 0 Å². The van der Waals surface area contributed by atoms with E-state index in [1.54, 1.807) is 29.0 Å². The number of anilines is 1. The Kier molecular flexibility index (Phi) is 4.68. The molecule has 24 heavy (non-hydrogen) atoms. The van der Waals surface area contributed by atoms with E-state index in [4.69, 9.17) is 0 Å². The number of nitrogens with zero attached hydrogens (tertiary/aromatic N) is 1. The average Bonchev–Trinajstić information content (AvgIpc) is 3.24. The van der Waals surface area contributed by atoms with Crippen LogP contribution in [0.5, 0.6) is 0 Å². The Balaban J connectivity index is 1.78. The van der Waals surface area contributed by atoms with Gasteiger partial charge in [0.1, 0.15) is 21.5 Å². The van der Waals surface area contributed by atoms with E-state index in [9.17, 15) is 14.0 Å². The summed E-state index contributed by atoms with van der Waals surface area (Å²) in [5.41, 5.74) is 1.25. The minimum absolute atomic E-state index is 0.226. The van der Waals surface area contributed by atoms with Crippen LogP contribution >= 0.6 is 22.7 Å². The summed E-state index contributed by atoms with van der Waals surface area (Å²) in [5, 5.41) is 6.97. The summed E-state index contributed by atoms with van der Waals surface area (Å²) in [6.45, 7) is 0. The zero-order chi connectivity index (χ0) is 17.1. The number of esters is 1. The number of nitrogens with one attached hydrogen (secondary N) is 1. The van der Waals surface area contributed by atoms with Gasteiger partial charge in [0, 0.05) is 10.9 Å². The lowest BCUT2D eigenvalue weighted by Crippen LogP contribution is -2.14. The fourth-order valence-electron chi connectivity index (χ4n) is 1.95. The van der Waals surface area contributed by atoms with E-state index in [1.807, 2.05) is 0 Å². The molecule has 0 radical (unpaired) electrons. The van der Waals surface area contributed by atoms with Crippen molar-refractivity contribution in [3.05, 3.63) is 58.2 Å². The summed E-state index contributed by atoms with van der Waals surface area (Å²) in [4.78, 5) is 28.2. The molecule has 8 heteroatoms. The molecule has 2 aromatic heterocycles. The quantitative estimate of drug-likeness (QED) is 0.711. The Morgan fingerprint density at radius 1 is 1.17 bits per heavy atom. The molecule has 0 fully saturated rings. The maximum atomic E-state index is 13.0. The van der Waals surface area contributed by atoms with Crippen LogP contribution in [0, 0.1) is 5.82 Å². The van der Waals surface area contributed by atoms with Crippen LogP contribution in [0.15, 0.2) is 41.1 Å². The molecule has 0 saturated carbocycles. The van der Waals surface area contributed by atoms with Gasteiger partial charge in [-0.2, -0.15) is 0 Å². The van der Waals surface area contributed by atoms with Gasteiger partial charge in [-0.05, 0) is 35.7 Å². The van der Waals surface area contributed by atoms with Crippen molar-refractivity contribution >= 4 is 39.6 Å². The molecule has 0 unspecified atom stereocenters. The SMILES string of the molecule is COC(=O)c1ccsc1NC(=O)c1csc(-c2ccc(F)cc2)n1. The number of methoxy groups -OCH3 is 1. The monoisotopic (exact) mass is 362 g/mol. The van der Waals surface area contributed by atoms with E-state index in [1.165, 1.54) is 41.9 Å². The van der Waals surface area contributed by atoms with Crippen LogP contribution in [-0.2, 0) is 4.74 Å². The molecule has 0 saturated heterocycles. The highest BCUT2D eigenvalue weighted by Crippen LogP contribution is 2.27. The number of benzene rings is 1. The smallest absolute Gasteiger partial charge is 0.340 e. The van der Waals surface area contributed by atoms with Crippen molar-refractivity contribution in [2.24, 2.45) is 0 Å². The van der Waals surface area contributed by atoms with Crippen LogP contribution in [-0.4, -0.2) is 24.0 Å². The molecule has 0 aliphatic carbocycles. The lowest BCUT2D eigenvalue weighted by molar-refractivity contribution is 0.0602. The summed E-state index contributed by atoms with van der Waals surface area (Å²) in [6.07, 6.45) is 0. The van der Waals surface area contributed by atoms with Gasteiger partial charge >= 0.3 is 5.97 Å². The Morgan fingerprint density at radius 2 is 1.92 bits per heavy atom. The van der Waals surface area contributed by atoms with Gasteiger partial charge in [0.15, 0.2) is 0 Å². The first kappa shape index (κ1) is 16.3. The third kappa shape index (κ3) is 3.34. The van der Waals surface area contributed by atoms with Crippen molar-refractivity contribution in [2.75, 3.05) is 12.4 Å². The Hall–Kier alpha value is -2.58. The molecule has 0 atom stereocenters. The van der Waals surface area contributed by atoms with Gasteiger partial charge in [0.05, 0.1) is 12.7 Å². The molecule has 0 aliphatic rings. The number of ether oxygens (including phenoxy) is 1. The van der Waals surface area contributed by atoms with Crippen molar-refractivity contribution in [1.82, 2.24) is 4.98 Å². The molecule has 1 aromatic carbocycles. The van der Waals surface area contributed by atoms with Gasteiger partial charge in [-0.1, -0.05) is 0 Å². The number of rotatable bonds is 4. The highest BCUT2D eigenvalue weighted by atomic mass is 32.1. The van der Waals surface area contributed by atoms with Gasteiger partial charge < -0.3 is 10.1 Å². The topological polar surface area (TPSA) is 68.3 Å². The summed E-state index contributed by atoms with van der Waals surface area (Å²) in [5.74, 6) is -1.27. The Labute approximate surface area is 144 Å². The first-order chi connectivity index (χ1) is 11.6. The van der Waals surface area contributed by atoms with Crippen LogP contribution < -0.4 is 5.32 Å². The van der Waals surface area contributed by atoms with Crippen molar-refractivity contribution in [1.29, 1.82) is 0 Å². The molecule has 3 rings (SSSR count). The van der Waals surface area contributed by atoms with Gasteiger partial charge in [-0.15, -0.1) is 22.7 Å². The number of hydrogen-bond donors (Lipinski definition) is 1. The molecule has 3 aromatic rings. The number of carbonyl (C=O) groups excluding carboxylic acids is 2. The van der Waals surface area contributed by atoms with Gasteiger partial charge in [0.2, 0.25) is 0 Å². The number of thiazole rings is 1. The standard InChI is InChI=1S/C16H11FN2O3S2/c1-22-16(21)11-6-7-23-15(11)19-13(20)12-8-24-14(18-12)9-2-4-10(17)5-3-9/h2-8H,1H3,(H,19,20). The normalized spacial score (nSPS) is 10.4. The number of amides is 1. The molecule has 2 heterocycles. The second kappa shape index (κ2) is 6.90. The van der Waals surface area contributed by atoms with E-state index in [-0.39, 0.29) is 11.5 Å². The van der Waals surface area contributed by atoms with E-state index < -0.39 is 11.9 Å². The zero-order valence-corrected chi connectivity index (χ0v) is 14.0. The number of thiophene rings is 1. The van der Waals surface area contributed by atoms with Gasteiger partial charge in [0.25, 0.3) is 5.91 Å². The molecule has 0 aliphatic heterocycles. The molecule has 5 nitrogen and oxygen atoms in total. The van der Waals surface area contributed by atoms with Crippen molar-refractivity contribution in [3.63, 3.8) is 0 Å². The third-order valence-corrected chi connectivity index (χ3v) is 4.85. The van der Waals surface area contributed by atoms with E-state index in [2.05, 4.69) is 15.0 Å². The van der Waals surface area contributed by atoms with Crippen molar-refractivity contribution in [3.8, 4) is 10.6 Å². The summed E-state index contributed by atoms with van der Waals surface area (Å²) < 4.78 is 17.6. The summed E-state index contributed by atoms with van der Waals surface area (Å²) in [6, 6.07) is 7.46. The van der Waals surface area contributed by atoms with E-state index in [0.717, 1.165) is 5.56 Å². The molecule has 1 N–H and O–H groups in total. The third-order valence-electron chi connectivity index (χ3n) is 3.13. The summed E-state index contributed by atoms with van der Waals surface area (Å²) in [7, 11) is 1.28. The van der Waals surface area contributed by atoms with E-state index in [0.29, 0.717) is 15.6 Å². The maximum absolute atomic E-state index is 13.0. The molecular weight excluding hydrogens is 351 g/mol. The predicted octanol–water partition coefficient (Wildman–Crippen LogP) is 4.05. The first-order valence-corrected chi connectivity index (χ1v) is 8.53. The highest BCUT2D eigenvalue weighted by Gasteiger charge is 2.18. The number of halogens is 1. The Morgan fingerprint density at radius 3 is 2.62 bits per heavy atom. The van der Waals surface area contributed by atoms with Crippen LogP contribution in [0.3, 0.4) is 0 Å². The van der Waals surface area contributed by atoms with Crippen molar-refractivity contribution < 1.29 is 18.7 Å². The number of aromatic nitrogens is 1. The van der Waals surface area contributed by atoms with Gasteiger partial charge in [-0.25, -0.2) is 14.2 Å². The molecule has 0 bridgehead atoms. The molecular formula is C16H11FN2O3S2. The molecule has 122 valence electrons. The van der Waals surface area contributed by atoms with Crippen LogP contribution in [0.1, 0.15) is 20.8 Å². The molecule has 1 amide bonds. The van der Waals surface area contributed by atoms with Crippen LogP contribution in [0.4, 0.5) is 9.39 Å². The minimum Gasteiger partial charge on any atom is -0.465 e. The fourth-order valence-corrected chi connectivity index (χ4v) is 3.52. The molecule has 0 spiro atoms. The summed E-state index contributed by atoms with van der Waals surface area (Å²) >= 11 is 2.50. The zero-order valence-electron chi connectivity index (χ0n) is 12.4. The predicted molar refractivity (Wildman–Crippen MR) is 91.1 cm³/mol. The number of carbonyl (C=O) groups is 2. The van der Waals surface area contributed by atoms with Crippen LogP contribution in [0.25, 0.3) is 10.6 Å². The second-order valence-electron chi connectivity index (χ2n) is 4.65. The second-order valence-corrected chi connectivity index (χ2v) is 6.43. The lowest BCUT2D eigenvalue weighted by atomic mass is 10.2. The lowest BCUT2D eigenvalue weighted by Gasteiger charge is -2.03. The first-order valence-electron chi connectivity index (χ1n) is 6.77. The highest BCUT2D eigenvalue weighted by molar-refractivity contribution is 7.15. The Bertz CT molecular complexity index is 887. The van der Waals surface area contributed by atoms with Crippen LogP contribution in [0.2, 0.25) is 0 Å². The average molecular weight is 362 g/mol. The minimum atomic E-state index is -0.517. The number of hydrogen-bond acceptors (Lipinski definition) is 6. The largest absolute Gasteiger partial charge is 0.465 e.